The van der Waals surface area contributed by atoms with Crippen molar-refractivity contribution in [3.63, 3.8) is 0 Å². The number of hydrogen-bond acceptors (Lipinski definition) is 3. The standard InChI is InChI=1S/C11H20N2O/c1-9(14)10-2-3-11(13-8-10)4-6-12-7-5-11/h10,12-13H,2-8H2,1H3. The van der Waals surface area contributed by atoms with Gasteiger partial charge >= 0.3 is 0 Å². The molecular weight excluding hydrogens is 176 g/mol. The molecule has 1 unspecified atom stereocenters. The first-order valence-corrected chi connectivity index (χ1v) is 5.68. The second-order valence-corrected chi connectivity index (χ2v) is 4.76. The van der Waals surface area contributed by atoms with E-state index < -0.39 is 0 Å². The lowest BCUT2D eigenvalue weighted by Gasteiger charge is -2.43. The molecule has 2 N–H and O–H groups in total. The Kier molecular flexibility index (Phi) is 2.88. The molecule has 3 nitrogen and oxygen atoms in total. The van der Waals surface area contributed by atoms with Gasteiger partial charge in [0.05, 0.1) is 0 Å². The molecule has 1 spiro atoms. The van der Waals surface area contributed by atoms with Gasteiger partial charge in [0.1, 0.15) is 5.78 Å². The molecule has 80 valence electrons. The summed E-state index contributed by atoms with van der Waals surface area (Å²) in [6.07, 6.45) is 4.70. The molecule has 2 saturated heterocycles. The second kappa shape index (κ2) is 3.99. The quantitative estimate of drug-likeness (QED) is 0.648. The number of nitrogens with one attached hydrogen (secondary N) is 2. The molecule has 0 radical (unpaired) electrons. The Balaban J connectivity index is 1.90. The van der Waals surface area contributed by atoms with Gasteiger partial charge in [-0.25, -0.2) is 0 Å². The third kappa shape index (κ3) is 1.98. The van der Waals surface area contributed by atoms with E-state index in [-0.39, 0.29) is 5.92 Å². The van der Waals surface area contributed by atoms with Crippen molar-refractivity contribution < 1.29 is 4.79 Å². The zero-order chi connectivity index (χ0) is 10.0. The molecule has 0 aromatic rings. The molecular formula is C11H20N2O. The molecule has 0 aliphatic carbocycles. The fourth-order valence-electron chi connectivity index (χ4n) is 2.66. The number of carbonyl (C=O) groups excluding carboxylic acids is 1. The lowest BCUT2D eigenvalue weighted by Crippen LogP contribution is -2.57. The highest BCUT2D eigenvalue weighted by Gasteiger charge is 2.36. The Morgan fingerprint density at radius 3 is 2.50 bits per heavy atom. The first-order chi connectivity index (χ1) is 6.72. The fourth-order valence-corrected chi connectivity index (χ4v) is 2.66. The van der Waals surface area contributed by atoms with Crippen LogP contribution in [0.4, 0.5) is 0 Å². The second-order valence-electron chi connectivity index (χ2n) is 4.76. The molecule has 0 aromatic carbocycles. The van der Waals surface area contributed by atoms with E-state index in [0.717, 1.165) is 26.1 Å². The van der Waals surface area contributed by atoms with Crippen molar-refractivity contribution in [2.45, 2.75) is 38.1 Å². The van der Waals surface area contributed by atoms with Crippen LogP contribution in [0.25, 0.3) is 0 Å². The normalized spacial score (nSPS) is 31.6. The Hall–Kier alpha value is -0.410. The van der Waals surface area contributed by atoms with Crippen LogP contribution in [0.5, 0.6) is 0 Å². The Labute approximate surface area is 85.6 Å². The van der Waals surface area contributed by atoms with Crippen molar-refractivity contribution in [3.05, 3.63) is 0 Å². The molecule has 14 heavy (non-hydrogen) atoms. The van der Waals surface area contributed by atoms with E-state index in [0.29, 0.717) is 11.3 Å². The van der Waals surface area contributed by atoms with Crippen LogP contribution >= 0.6 is 0 Å². The van der Waals surface area contributed by atoms with Gasteiger partial charge in [-0.2, -0.15) is 0 Å². The van der Waals surface area contributed by atoms with Gasteiger partial charge in [0.2, 0.25) is 0 Å². The minimum absolute atomic E-state index is 0.274. The number of rotatable bonds is 1. The highest BCUT2D eigenvalue weighted by atomic mass is 16.1. The summed E-state index contributed by atoms with van der Waals surface area (Å²) in [5.74, 6) is 0.622. The lowest BCUT2D eigenvalue weighted by atomic mass is 9.77. The van der Waals surface area contributed by atoms with Crippen LogP contribution in [-0.2, 0) is 4.79 Å². The molecule has 0 bridgehead atoms. The fraction of sp³-hybridized carbons (Fsp3) is 0.909. The summed E-state index contributed by atoms with van der Waals surface area (Å²) in [5, 5.41) is 6.99. The van der Waals surface area contributed by atoms with Crippen molar-refractivity contribution in [2.24, 2.45) is 5.92 Å². The topological polar surface area (TPSA) is 41.1 Å². The number of hydrogen-bond donors (Lipinski definition) is 2. The first kappa shape index (κ1) is 10.1. The van der Waals surface area contributed by atoms with E-state index in [9.17, 15) is 4.79 Å². The molecule has 0 amide bonds. The van der Waals surface area contributed by atoms with Gasteiger partial charge in [-0.1, -0.05) is 0 Å². The Bertz CT molecular complexity index is 211. The van der Waals surface area contributed by atoms with Gasteiger partial charge in [0.15, 0.2) is 0 Å². The monoisotopic (exact) mass is 196 g/mol. The van der Waals surface area contributed by atoms with Crippen molar-refractivity contribution >= 4 is 5.78 Å². The summed E-state index contributed by atoms with van der Waals surface area (Å²) in [6.45, 7) is 4.86. The maximum absolute atomic E-state index is 11.2. The molecule has 0 saturated carbocycles. The summed E-state index contributed by atoms with van der Waals surface area (Å²) in [5.41, 5.74) is 0.358. The highest BCUT2D eigenvalue weighted by Crippen LogP contribution is 2.30. The van der Waals surface area contributed by atoms with Crippen LogP contribution in [0.3, 0.4) is 0 Å². The molecule has 2 aliphatic rings. The predicted octanol–water partition coefficient (Wildman–Crippen LogP) is 0.697. The molecule has 3 heteroatoms. The third-order valence-electron chi connectivity index (χ3n) is 3.83. The average molecular weight is 196 g/mol. The van der Waals surface area contributed by atoms with Gasteiger partial charge in [-0.3, -0.25) is 4.79 Å². The van der Waals surface area contributed by atoms with Gasteiger partial charge in [0, 0.05) is 18.0 Å². The van der Waals surface area contributed by atoms with Crippen molar-refractivity contribution in [1.29, 1.82) is 0 Å². The molecule has 2 rings (SSSR count). The van der Waals surface area contributed by atoms with Gasteiger partial charge in [-0.05, 0) is 45.7 Å². The Morgan fingerprint density at radius 1 is 1.29 bits per heavy atom. The maximum Gasteiger partial charge on any atom is 0.134 e. The average Bonchev–Trinajstić information content (AvgIpc) is 2.19. The summed E-state index contributed by atoms with van der Waals surface area (Å²) >= 11 is 0. The number of piperidine rings is 2. The van der Waals surface area contributed by atoms with Crippen molar-refractivity contribution in [3.8, 4) is 0 Å². The van der Waals surface area contributed by atoms with Crippen molar-refractivity contribution in [1.82, 2.24) is 10.6 Å². The van der Waals surface area contributed by atoms with E-state index in [1.807, 2.05) is 0 Å². The summed E-state index contributed by atoms with van der Waals surface area (Å²) in [7, 11) is 0. The van der Waals surface area contributed by atoms with E-state index in [1.165, 1.54) is 19.3 Å². The maximum atomic E-state index is 11.2. The zero-order valence-corrected chi connectivity index (χ0v) is 8.94. The largest absolute Gasteiger partial charge is 0.317 e. The molecule has 2 heterocycles. The smallest absolute Gasteiger partial charge is 0.134 e. The predicted molar refractivity (Wildman–Crippen MR) is 56.2 cm³/mol. The minimum atomic E-state index is 0.274. The van der Waals surface area contributed by atoms with Crippen molar-refractivity contribution in [2.75, 3.05) is 19.6 Å². The first-order valence-electron chi connectivity index (χ1n) is 5.68. The van der Waals surface area contributed by atoms with Crippen LogP contribution in [-0.4, -0.2) is 31.0 Å². The van der Waals surface area contributed by atoms with E-state index in [2.05, 4.69) is 10.6 Å². The summed E-state index contributed by atoms with van der Waals surface area (Å²) in [4.78, 5) is 11.2. The highest BCUT2D eigenvalue weighted by molar-refractivity contribution is 5.78. The number of Topliss-reactive ketones (excluding diaryl/α,β-unsaturated/α-hetero) is 1. The van der Waals surface area contributed by atoms with Crippen LogP contribution in [0.1, 0.15) is 32.6 Å². The zero-order valence-electron chi connectivity index (χ0n) is 8.94. The number of ketones is 1. The van der Waals surface area contributed by atoms with E-state index >= 15 is 0 Å². The van der Waals surface area contributed by atoms with E-state index in [1.54, 1.807) is 6.92 Å². The lowest BCUT2D eigenvalue weighted by molar-refractivity contribution is -0.121. The Morgan fingerprint density at radius 2 is 2.00 bits per heavy atom. The van der Waals surface area contributed by atoms with Crippen LogP contribution in [0.15, 0.2) is 0 Å². The number of carbonyl (C=O) groups is 1. The van der Waals surface area contributed by atoms with Crippen LogP contribution in [0, 0.1) is 5.92 Å². The van der Waals surface area contributed by atoms with Crippen LogP contribution in [0.2, 0.25) is 0 Å². The molecule has 0 aromatic heterocycles. The SMILES string of the molecule is CC(=O)C1CCC2(CCNCC2)NC1. The molecule has 2 aliphatic heterocycles. The summed E-state index contributed by atoms with van der Waals surface area (Å²) < 4.78 is 0. The van der Waals surface area contributed by atoms with Gasteiger partial charge in [-0.15, -0.1) is 0 Å². The van der Waals surface area contributed by atoms with Gasteiger partial charge in [0.25, 0.3) is 0 Å². The van der Waals surface area contributed by atoms with Gasteiger partial charge < -0.3 is 10.6 Å². The minimum Gasteiger partial charge on any atom is -0.317 e. The summed E-state index contributed by atoms with van der Waals surface area (Å²) in [6, 6.07) is 0. The third-order valence-corrected chi connectivity index (χ3v) is 3.83. The van der Waals surface area contributed by atoms with E-state index in [4.69, 9.17) is 0 Å². The van der Waals surface area contributed by atoms with Crippen LogP contribution < -0.4 is 10.6 Å². The molecule has 2 fully saturated rings. The molecule has 1 atom stereocenters.